The topological polar surface area (TPSA) is 111 Å². The highest BCUT2D eigenvalue weighted by molar-refractivity contribution is 7.17. The molecule has 0 bridgehead atoms. The number of alkyl halides is 3. The van der Waals surface area contributed by atoms with Gasteiger partial charge in [0.15, 0.2) is 5.13 Å². The molecule has 1 atom stereocenters. The molecule has 0 aliphatic carbocycles. The van der Waals surface area contributed by atoms with E-state index in [1.54, 1.807) is 0 Å². The predicted octanol–water partition coefficient (Wildman–Crippen LogP) is 4.90. The Morgan fingerprint density at radius 1 is 1.24 bits per heavy atom. The minimum absolute atomic E-state index is 0.0203. The predicted molar refractivity (Wildman–Crippen MR) is 124 cm³/mol. The highest BCUT2D eigenvalue weighted by Gasteiger charge is 2.35. The average Bonchev–Trinajstić information content (AvgIpc) is 3.55. The standard InChI is InChI=1S/C22H24F3N7OS/c1-2-3-6-14(9-13-10-26-16-8-5-4-7-15(13)16)29-19(33)17-11-27-21(34-17)28-12-18-30-20(32-31-18)22(23,24)25/h4-5,7-8,10-11,14,26H,2-3,6,9,12H2,1H3,(H,27,28)(H,29,33)(H,30,31,32). The summed E-state index contributed by atoms with van der Waals surface area (Å²) in [4.78, 5) is 22.8. The molecule has 0 saturated heterocycles. The fourth-order valence-electron chi connectivity index (χ4n) is 3.62. The van der Waals surface area contributed by atoms with Gasteiger partial charge < -0.3 is 20.6 Å². The molecule has 1 aromatic carbocycles. The van der Waals surface area contributed by atoms with Crippen molar-refractivity contribution in [3.63, 3.8) is 0 Å². The highest BCUT2D eigenvalue weighted by Crippen LogP contribution is 2.26. The molecular weight excluding hydrogens is 467 g/mol. The smallest absolute Gasteiger partial charge is 0.361 e. The maximum absolute atomic E-state index is 12.9. The number of aromatic nitrogens is 5. The van der Waals surface area contributed by atoms with Crippen LogP contribution in [0.25, 0.3) is 10.9 Å². The summed E-state index contributed by atoms with van der Waals surface area (Å²) in [7, 11) is 0. The van der Waals surface area contributed by atoms with Gasteiger partial charge in [0, 0.05) is 23.1 Å². The van der Waals surface area contributed by atoms with Crippen molar-refractivity contribution in [1.29, 1.82) is 0 Å². The van der Waals surface area contributed by atoms with Crippen LogP contribution < -0.4 is 10.6 Å². The van der Waals surface area contributed by atoms with Gasteiger partial charge in [-0.25, -0.2) is 4.98 Å². The Balaban J connectivity index is 1.37. The molecule has 4 N–H and O–H groups in total. The largest absolute Gasteiger partial charge is 0.451 e. The Bertz CT molecular complexity index is 1250. The summed E-state index contributed by atoms with van der Waals surface area (Å²) >= 11 is 1.12. The molecule has 4 rings (SSSR count). The molecule has 3 heterocycles. The van der Waals surface area contributed by atoms with E-state index in [-0.39, 0.29) is 24.3 Å². The van der Waals surface area contributed by atoms with Gasteiger partial charge in [0.25, 0.3) is 5.91 Å². The van der Waals surface area contributed by atoms with Crippen LogP contribution in [-0.2, 0) is 19.1 Å². The Labute approximate surface area is 197 Å². The van der Waals surface area contributed by atoms with Gasteiger partial charge in [-0.05, 0) is 24.5 Å². The summed E-state index contributed by atoms with van der Waals surface area (Å²) in [5, 5.41) is 14.1. The van der Waals surface area contributed by atoms with Crippen LogP contribution in [0.4, 0.5) is 18.3 Å². The van der Waals surface area contributed by atoms with E-state index in [4.69, 9.17) is 0 Å². The molecule has 1 unspecified atom stereocenters. The fourth-order valence-corrected chi connectivity index (χ4v) is 4.34. The first-order valence-corrected chi connectivity index (χ1v) is 11.7. The molecule has 0 saturated carbocycles. The van der Waals surface area contributed by atoms with E-state index in [0.717, 1.165) is 47.1 Å². The van der Waals surface area contributed by atoms with E-state index in [2.05, 4.69) is 48.8 Å². The number of unbranched alkanes of at least 4 members (excludes halogenated alkanes) is 1. The van der Waals surface area contributed by atoms with Crippen LogP contribution in [0.5, 0.6) is 0 Å². The van der Waals surface area contributed by atoms with E-state index in [1.165, 1.54) is 6.20 Å². The van der Waals surface area contributed by atoms with Crippen molar-refractivity contribution >= 4 is 33.3 Å². The Morgan fingerprint density at radius 2 is 2.06 bits per heavy atom. The van der Waals surface area contributed by atoms with E-state index in [9.17, 15) is 18.0 Å². The zero-order valence-corrected chi connectivity index (χ0v) is 19.2. The van der Waals surface area contributed by atoms with E-state index in [0.29, 0.717) is 16.4 Å². The SMILES string of the molecule is CCCCC(Cc1c[nH]c2ccccc12)NC(=O)c1cnc(NCc2nnc(C(F)(F)F)[nH]2)s1. The van der Waals surface area contributed by atoms with Gasteiger partial charge in [0.05, 0.1) is 12.7 Å². The molecule has 0 aliphatic rings. The van der Waals surface area contributed by atoms with Crippen molar-refractivity contribution in [2.75, 3.05) is 5.32 Å². The Hall–Kier alpha value is -3.41. The number of anilines is 1. The van der Waals surface area contributed by atoms with Crippen LogP contribution in [-0.4, -0.2) is 37.1 Å². The van der Waals surface area contributed by atoms with Crippen molar-refractivity contribution in [2.45, 2.75) is 51.4 Å². The molecule has 12 heteroatoms. The van der Waals surface area contributed by atoms with Gasteiger partial charge >= 0.3 is 6.18 Å². The summed E-state index contributed by atoms with van der Waals surface area (Å²) in [6.07, 6.45) is 2.40. The van der Waals surface area contributed by atoms with Crippen LogP contribution in [0, 0.1) is 0 Å². The quantitative estimate of drug-likeness (QED) is 0.252. The number of amides is 1. The first kappa shape index (κ1) is 23.7. The number of aromatic amines is 2. The van der Waals surface area contributed by atoms with Gasteiger partial charge in [-0.15, -0.1) is 10.2 Å². The number of thiazole rings is 1. The monoisotopic (exact) mass is 491 g/mol. The summed E-state index contributed by atoms with van der Waals surface area (Å²) in [6.45, 7) is 2.08. The Kier molecular flexibility index (Phi) is 7.15. The number of hydrogen-bond donors (Lipinski definition) is 4. The molecule has 1 amide bonds. The number of nitrogens with zero attached hydrogens (tertiary/aromatic N) is 3. The van der Waals surface area contributed by atoms with Crippen LogP contribution in [0.1, 0.15) is 53.1 Å². The minimum Gasteiger partial charge on any atom is -0.361 e. The fraction of sp³-hybridized carbons (Fsp3) is 0.364. The summed E-state index contributed by atoms with van der Waals surface area (Å²) in [5.41, 5.74) is 2.21. The third-order valence-electron chi connectivity index (χ3n) is 5.32. The number of fused-ring (bicyclic) bond motifs is 1. The molecule has 4 aromatic rings. The van der Waals surface area contributed by atoms with E-state index in [1.807, 2.05) is 24.4 Å². The van der Waals surface area contributed by atoms with Crippen molar-refractivity contribution in [3.8, 4) is 0 Å². The number of hydrogen-bond acceptors (Lipinski definition) is 6. The molecule has 0 aliphatic heterocycles. The lowest BCUT2D eigenvalue weighted by atomic mass is 10.0. The molecule has 3 aromatic heterocycles. The molecular formula is C22H24F3N7OS. The minimum atomic E-state index is -4.58. The number of benzene rings is 1. The Morgan fingerprint density at radius 3 is 2.82 bits per heavy atom. The maximum Gasteiger partial charge on any atom is 0.451 e. The normalized spacial score (nSPS) is 12.7. The number of carbonyl (C=O) groups is 1. The third kappa shape index (κ3) is 5.74. The van der Waals surface area contributed by atoms with Crippen LogP contribution in [0.3, 0.4) is 0 Å². The number of para-hydroxylation sites is 1. The highest BCUT2D eigenvalue weighted by atomic mass is 32.1. The van der Waals surface area contributed by atoms with Crippen LogP contribution in [0.15, 0.2) is 36.7 Å². The second kappa shape index (κ2) is 10.2. The van der Waals surface area contributed by atoms with Crippen molar-refractivity contribution in [2.24, 2.45) is 0 Å². The molecule has 0 spiro atoms. The maximum atomic E-state index is 12.9. The van der Waals surface area contributed by atoms with Crippen LogP contribution in [0.2, 0.25) is 0 Å². The van der Waals surface area contributed by atoms with Gasteiger partial charge in [0.1, 0.15) is 10.7 Å². The summed E-state index contributed by atoms with van der Waals surface area (Å²) in [6, 6.07) is 8.01. The summed E-state index contributed by atoms with van der Waals surface area (Å²) < 4.78 is 37.9. The molecule has 8 nitrogen and oxygen atoms in total. The van der Waals surface area contributed by atoms with Crippen molar-refractivity contribution in [3.05, 3.63) is 58.7 Å². The molecule has 0 radical (unpaired) electrons. The van der Waals surface area contributed by atoms with E-state index < -0.39 is 12.0 Å². The molecule has 34 heavy (non-hydrogen) atoms. The van der Waals surface area contributed by atoms with Crippen molar-refractivity contribution < 1.29 is 18.0 Å². The first-order valence-electron chi connectivity index (χ1n) is 10.9. The average molecular weight is 492 g/mol. The lowest BCUT2D eigenvalue weighted by molar-refractivity contribution is -0.144. The van der Waals surface area contributed by atoms with Crippen molar-refractivity contribution in [1.82, 2.24) is 30.5 Å². The first-order chi connectivity index (χ1) is 16.3. The second-order valence-corrected chi connectivity index (χ2v) is 8.91. The van der Waals surface area contributed by atoms with Gasteiger partial charge in [-0.2, -0.15) is 13.2 Å². The van der Waals surface area contributed by atoms with Gasteiger partial charge in [-0.3, -0.25) is 4.79 Å². The van der Waals surface area contributed by atoms with Gasteiger partial charge in [-0.1, -0.05) is 49.3 Å². The lowest BCUT2D eigenvalue weighted by Gasteiger charge is -2.18. The van der Waals surface area contributed by atoms with Crippen LogP contribution >= 0.6 is 11.3 Å². The zero-order valence-electron chi connectivity index (χ0n) is 18.4. The number of carbonyl (C=O) groups excluding carboxylic acids is 1. The number of nitrogens with one attached hydrogen (secondary N) is 4. The molecule has 180 valence electrons. The number of H-pyrrole nitrogens is 2. The second-order valence-electron chi connectivity index (χ2n) is 7.88. The summed E-state index contributed by atoms with van der Waals surface area (Å²) in [5.74, 6) is -1.37. The van der Waals surface area contributed by atoms with E-state index >= 15 is 0 Å². The lowest BCUT2D eigenvalue weighted by Crippen LogP contribution is -2.36. The molecule has 0 fully saturated rings. The van der Waals surface area contributed by atoms with Gasteiger partial charge in [0.2, 0.25) is 5.82 Å². The zero-order chi connectivity index (χ0) is 24.1. The number of halogens is 3. The number of rotatable bonds is 10. The third-order valence-corrected chi connectivity index (χ3v) is 6.27.